The zero-order valence-electron chi connectivity index (χ0n) is 12.0. The predicted molar refractivity (Wildman–Crippen MR) is 81.2 cm³/mol. The molecule has 0 aliphatic carbocycles. The fourth-order valence-corrected chi connectivity index (χ4v) is 3.67. The van der Waals surface area contributed by atoms with Gasteiger partial charge in [-0.15, -0.1) is 0 Å². The van der Waals surface area contributed by atoms with E-state index in [4.69, 9.17) is 4.42 Å². The Bertz CT molecular complexity index is 642. The first-order chi connectivity index (χ1) is 10.3. The smallest absolute Gasteiger partial charge is 0.251 e. The number of fused-ring (bicyclic) bond motifs is 5. The quantitative estimate of drug-likeness (QED) is 0.922. The van der Waals surface area contributed by atoms with Crippen molar-refractivity contribution in [3.8, 4) is 0 Å². The first-order valence-electron chi connectivity index (χ1n) is 7.78. The van der Waals surface area contributed by atoms with E-state index in [9.17, 15) is 4.79 Å². The number of furan rings is 1. The van der Waals surface area contributed by atoms with Crippen LogP contribution in [0.2, 0.25) is 0 Å². The molecule has 0 radical (unpaired) electrons. The molecule has 1 N–H and O–H groups in total. The number of amides is 1. The summed E-state index contributed by atoms with van der Waals surface area (Å²) in [6.07, 6.45) is 5.35. The summed E-state index contributed by atoms with van der Waals surface area (Å²) in [5, 5.41) is 4.20. The number of hydrogen-bond donors (Lipinski definition) is 1. The van der Waals surface area contributed by atoms with Crippen LogP contribution >= 0.6 is 0 Å². The van der Waals surface area contributed by atoms with Gasteiger partial charge in [-0.3, -0.25) is 4.79 Å². The molecule has 1 atom stereocenters. The molecule has 1 aromatic carbocycles. The maximum Gasteiger partial charge on any atom is 0.251 e. The normalized spacial score (nSPS) is 28.5. The maximum atomic E-state index is 12.5. The molecule has 4 nitrogen and oxygen atoms in total. The van der Waals surface area contributed by atoms with Gasteiger partial charge >= 0.3 is 0 Å². The fraction of sp³-hybridized carbons (Fsp3) is 0.471. The van der Waals surface area contributed by atoms with Crippen LogP contribution in [0.15, 0.2) is 34.9 Å². The third-order valence-corrected chi connectivity index (χ3v) is 4.85. The summed E-state index contributed by atoms with van der Waals surface area (Å²) in [6.45, 7) is 3.38. The molecule has 4 heterocycles. The third-order valence-electron chi connectivity index (χ3n) is 4.85. The Morgan fingerprint density at radius 1 is 1.24 bits per heavy atom. The van der Waals surface area contributed by atoms with Crippen LogP contribution < -0.4 is 5.32 Å². The van der Waals surface area contributed by atoms with E-state index in [1.807, 2.05) is 24.3 Å². The van der Waals surface area contributed by atoms with Crippen molar-refractivity contribution in [3.63, 3.8) is 0 Å². The molecule has 1 aromatic heterocycles. The summed E-state index contributed by atoms with van der Waals surface area (Å²) in [4.78, 5) is 14.9. The minimum Gasteiger partial charge on any atom is -0.464 e. The molecule has 4 heteroatoms. The van der Waals surface area contributed by atoms with Crippen LogP contribution in [0.25, 0.3) is 11.0 Å². The number of rotatable bonds is 2. The molecule has 1 amide bonds. The second kappa shape index (κ2) is 5.19. The molecule has 110 valence electrons. The summed E-state index contributed by atoms with van der Waals surface area (Å²) in [5.74, 6) is 0.816. The van der Waals surface area contributed by atoms with Crippen molar-refractivity contribution in [2.75, 3.05) is 19.6 Å². The standard InChI is InChI=1S/C17H20N2O2/c20-17(14-1-2-16-13(10-14)5-8-21-16)18-15-9-12-3-6-19(11-15)7-4-12/h1-2,5,8,10,12,15H,3-4,6-7,9,11H2,(H,18,20). The first kappa shape index (κ1) is 12.9. The number of carbonyl (C=O) groups is 1. The van der Waals surface area contributed by atoms with E-state index in [1.54, 1.807) is 6.26 Å². The Balaban J connectivity index is 1.49. The van der Waals surface area contributed by atoms with Gasteiger partial charge in [-0.1, -0.05) is 0 Å². The van der Waals surface area contributed by atoms with Gasteiger partial charge in [-0.2, -0.15) is 0 Å². The van der Waals surface area contributed by atoms with E-state index in [0.29, 0.717) is 0 Å². The average Bonchev–Trinajstić information content (AvgIpc) is 2.78. The lowest BCUT2D eigenvalue weighted by Gasteiger charge is -2.26. The Hall–Kier alpha value is -1.81. The highest BCUT2D eigenvalue weighted by atomic mass is 16.3. The van der Waals surface area contributed by atoms with E-state index in [0.717, 1.165) is 35.4 Å². The molecular weight excluding hydrogens is 264 g/mol. The molecule has 2 bridgehead atoms. The molecular formula is C17H20N2O2. The van der Waals surface area contributed by atoms with Gasteiger partial charge in [-0.25, -0.2) is 0 Å². The molecule has 1 unspecified atom stereocenters. The summed E-state index contributed by atoms with van der Waals surface area (Å²) >= 11 is 0. The fourth-order valence-electron chi connectivity index (χ4n) is 3.67. The van der Waals surface area contributed by atoms with E-state index in [-0.39, 0.29) is 11.9 Å². The second-order valence-corrected chi connectivity index (χ2v) is 6.32. The molecule has 3 aliphatic heterocycles. The third kappa shape index (κ3) is 2.56. The van der Waals surface area contributed by atoms with Gasteiger partial charge in [-0.05, 0) is 62.5 Å². The van der Waals surface area contributed by atoms with Gasteiger partial charge in [0.1, 0.15) is 5.58 Å². The molecule has 0 spiro atoms. The molecule has 0 saturated carbocycles. The van der Waals surface area contributed by atoms with E-state index < -0.39 is 0 Å². The van der Waals surface area contributed by atoms with Crippen molar-refractivity contribution < 1.29 is 9.21 Å². The lowest BCUT2D eigenvalue weighted by atomic mass is 9.94. The monoisotopic (exact) mass is 284 g/mol. The minimum absolute atomic E-state index is 0.0330. The number of nitrogens with zero attached hydrogens (tertiary/aromatic N) is 1. The van der Waals surface area contributed by atoms with Crippen molar-refractivity contribution in [1.29, 1.82) is 0 Å². The van der Waals surface area contributed by atoms with Crippen LogP contribution in [0.1, 0.15) is 29.6 Å². The van der Waals surface area contributed by atoms with Crippen LogP contribution in [0, 0.1) is 5.92 Å². The van der Waals surface area contributed by atoms with Gasteiger partial charge in [0.05, 0.1) is 6.26 Å². The van der Waals surface area contributed by atoms with Crippen LogP contribution in [0.4, 0.5) is 0 Å². The van der Waals surface area contributed by atoms with Crippen LogP contribution in [-0.2, 0) is 0 Å². The van der Waals surface area contributed by atoms with Gasteiger partial charge < -0.3 is 14.6 Å². The summed E-state index contributed by atoms with van der Waals surface area (Å²) < 4.78 is 5.32. The van der Waals surface area contributed by atoms with E-state index in [1.165, 1.54) is 25.9 Å². The number of piperidine rings is 1. The molecule has 3 saturated heterocycles. The molecule has 21 heavy (non-hydrogen) atoms. The summed E-state index contributed by atoms with van der Waals surface area (Å²) in [7, 11) is 0. The molecule has 2 aromatic rings. The lowest BCUT2D eigenvalue weighted by molar-refractivity contribution is 0.0929. The van der Waals surface area contributed by atoms with Crippen molar-refractivity contribution in [1.82, 2.24) is 10.2 Å². The van der Waals surface area contributed by atoms with Crippen LogP contribution in [0.5, 0.6) is 0 Å². The highest BCUT2D eigenvalue weighted by Crippen LogP contribution is 2.27. The van der Waals surface area contributed by atoms with Gasteiger partial charge in [0.15, 0.2) is 0 Å². The number of hydrogen-bond acceptors (Lipinski definition) is 3. The summed E-state index contributed by atoms with van der Waals surface area (Å²) in [6, 6.07) is 7.79. The number of carbonyl (C=O) groups excluding carboxylic acids is 1. The molecule has 3 fully saturated rings. The van der Waals surface area contributed by atoms with Crippen molar-refractivity contribution in [3.05, 3.63) is 36.1 Å². The highest BCUT2D eigenvalue weighted by molar-refractivity contribution is 5.97. The average molecular weight is 284 g/mol. The van der Waals surface area contributed by atoms with Crippen molar-refractivity contribution in [2.24, 2.45) is 5.92 Å². The first-order valence-corrected chi connectivity index (χ1v) is 7.78. The van der Waals surface area contributed by atoms with E-state index >= 15 is 0 Å². The topological polar surface area (TPSA) is 45.5 Å². The highest BCUT2D eigenvalue weighted by Gasteiger charge is 2.29. The lowest BCUT2D eigenvalue weighted by Crippen LogP contribution is -2.41. The Labute approximate surface area is 124 Å². The summed E-state index contributed by atoms with van der Waals surface area (Å²) in [5.41, 5.74) is 1.54. The van der Waals surface area contributed by atoms with E-state index in [2.05, 4.69) is 10.2 Å². The van der Waals surface area contributed by atoms with Crippen molar-refractivity contribution in [2.45, 2.75) is 25.3 Å². The SMILES string of the molecule is O=C(NC1CC2CCN(CC2)C1)c1ccc2occc2c1. The van der Waals surface area contributed by atoms with Gasteiger partial charge in [0.25, 0.3) is 5.91 Å². The second-order valence-electron chi connectivity index (χ2n) is 6.32. The van der Waals surface area contributed by atoms with Gasteiger partial charge in [0, 0.05) is 23.5 Å². The van der Waals surface area contributed by atoms with Crippen molar-refractivity contribution >= 4 is 16.9 Å². The minimum atomic E-state index is 0.0330. The zero-order chi connectivity index (χ0) is 14.2. The van der Waals surface area contributed by atoms with Crippen LogP contribution in [-0.4, -0.2) is 36.5 Å². The number of nitrogens with one attached hydrogen (secondary N) is 1. The zero-order valence-corrected chi connectivity index (χ0v) is 12.0. The predicted octanol–water partition coefficient (Wildman–Crippen LogP) is 2.65. The Kier molecular flexibility index (Phi) is 3.19. The number of benzene rings is 1. The molecule has 3 aliphatic rings. The largest absolute Gasteiger partial charge is 0.464 e. The van der Waals surface area contributed by atoms with Gasteiger partial charge in [0.2, 0.25) is 0 Å². The molecule has 5 rings (SSSR count). The Morgan fingerprint density at radius 3 is 2.95 bits per heavy atom. The maximum absolute atomic E-state index is 12.5. The van der Waals surface area contributed by atoms with Crippen LogP contribution in [0.3, 0.4) is 0 Å². The Morgan fingerprint density at radius 2 is 2.10 bits per heavy atom.